The van der Waals surface area contributed by atoms with Crippen LogP contribution >= 0.6 is 36.2 Å². The number of aromatic nitrogens is 2. The van der Waals surface area contributed by atoms with E-state index in [-0.39, 0.29) is 24.8 Å². The van der Waals surface area contributed by atoms with E-state index in [1.165, 1.54) is 52.8 Å². The molecule has 3 heterocycles. The van der Waals surface area contributed by atoms with Gasteiger partial charge in [-0.05, 0) is 36.8 Å². The standard InChI is InChI=1S/C23H26N4S.2ClH/c1-2-7-18(8-3-1)9-6-12-26-13-15-27(16-14-26)22-21-19-10-4-5-11-20(19)28-23(21)25-17-24-22;;/h1-3,6-9,17H,4-5,10-16H2;2*1H/b9-6+;;. The lowest BCUT2D eigenvalue weighted by Crippen LogP contribution is -2.46. The summed E-state index contributed by atoms with van der Waals surface area (Å²) in [7, 11) is 0. The van der Waals surface area contributed by atoms with Gasteiger partial charge in [0.15, 0.2) is 0 Å². The lowest BCUT2D eigenvalue weighted by atomic mass is 9.97. The quantitative estimate of drug-likeness (QED) is 0.529. The highest BCUT2D eigenvalue weighted by Crippen LogP contribution is 2.39. The van der Waals surface area contributed by atoms with Crippen molar-refractivity contribution >= 4 is 58.3 Å². The van der Waals surface area contributed by atoms with Crippen molar-refractivity contribution in [2.24, 2.45) is 0 Å². The molecule has 0 unspecified atom stereocenters. The second-order valence-electron chi connectivity index (χ2n) is 7.69. The maximum atomic E-state index is 4.73. The Hall–Kier alpha value is -1.66. The smallest absolute Gasteiger partial charge is 0.141 e. The van der Waals surface area contributed by atoms with Crippen LogP contribution in [-0.4, -0.2) is 47.6 Å². The summed E-state index contributed by atoms with van der Waals surface area (Å²) in [5, 5.41) is 1.35. The topological polar surface area (TPSA) is 32.3 Å². The van der Waals surface area contributed by atoms with Crippen LogP contribution in [0.4, 0.5) is 5.82 Å². The van der Waals surface area contributed by atoms with Crippen LogP contribution in [0.1, 0.15) is 28.8 Å². The fourth-order valence-corrected chi connectivity index (χ4v) is 5.58. The van der Waals surface area contributed by atoms with Gasteiger partial charge in [-0.15, -0.1) is 36.2 Å². The molecule has 1 saturated heterocycles. The van der Waals surface area contributed by atoms with Gasteiger partial charge in [0, 0.05) is 37.6 Å². The zero-order valence-corrected chi connectivity index (χ0v) is 19.4. The molecule has 0 atom stereocenters. The van der Waals surface area contributed by atoms with E-state index >= 15 is 0 Å². The van der Waals surface area contributed by atoms with E-state index in [0.717, 1.165) is 32.7 Å². The number of rotatable bonds is 4. The minimum absolute atomic E-state index is 0. The number of hydrogen-bond donors (Lipinski definition) is 0. The first-order chi connectivity index (χ1) is 13.9. The first-order valence-corrected chi connectivity index (χ1v) is 11.1. The van der Waals surface area contributed by atoms with Crippen molar-refractivity contribution in [2.45, 2.75) is 25.7 Å². The van der Waals surface area contributed by atoms with Crippen molar-refractivity contribution in [3.63, 3.8) is 0 Å². The van der Waals surface area contributed by atoms with Gasteiger partial charge in [-0.25, -0.2) is 9.97 Å². The molecule has 0 bridgehead atoms. The number of nitrogens with zero attached hydrogens (tertiary/aromatic N) is 4. The molecule has 4 nitrogen and oxygen atoms in total. The van der Waals surface area contributed by atoms with Crippen LogP contribution < -0.4 is 4.90 Å². The summed E-state index contributed by atoms with van der Waals surface area (Å²) >= 11 is 1.89. The summed E-state index contributed by atoms with van der Waals surface area (Å²) in [5.41, 5.74) is 2.81. The number of anilines is 1. The van der Waals surface area contributed by atoms with Crippen LogP contribution in [0.25, 0.3) is 16.3 Å². The number of fused-ring (bicyclic) bond motifs is 3. The molecule has 160 valence electrons. The van der Waals surface area contributed by atoms with Gasteiger partial charge in [0.2, 0.25) is 0 Å². The SMILES string of the molecule is C(=C\c1ccccc1)/CN1CCN(c2ncnc3sc4c(c23)CCCC4)CC1.Cl.Cl. The lowest BCUT2D eigenvalue weighted by molar-refractivity contribution is 0.284. The Balaban J connectivity index is 0.00000128. The van der Waals surface area contributed by atoms with Crippen LogP contribution in [0, 0.1) is 0 Å². The van der Waals surface area contributed by atoms with Gasteiger partial charge >= 0.3 is 0 Å². The zero-order chi connectivity index (χ0) is 18.8. The van der Waals surface area contributed by atoms with Crippen molar-refractivity contribution < 1.29 is 0 Å². The van der Waals surface area contributed by atoms with Gasteiger partial charge in [-0.1, -0.05) is 42.5 Å². The highest BCUT2D eigenvalue weighted by Gasteiger charge is 2.24. The molecule has 0 amide bonds. The highest BCUT2D eigenvalue weighted by molar-refractivity contribution is 7.19. The van der Waals surface area contributed by atoms with Crippen LogP contribution in [-0.2, 0) is 12.8 Å². The Morgan fingerprint density at radius 3 is 2.50 bits per heavy atom. The molecule has 2 aliphatic rings. The van der Waals surface area contributed by atoms with E-state index in [0.29, 0.717) is 0 Å². The molecule has 7 heteroatoms. The number of aryl methyl sites for hydroxylation is 2. The lowest BCUT2D eigenvalue weighted by Gasteiger charge is -2.35. The van der Waals surface area contributed by atoms with Crippen LogP contribution in [0.15, 0.2) is 42.7 Å². The molecule has 0 spiro atoms. The average Bonchev–Trinajstić information content (AvgIpc) is 3.14. The first-order valence-electron chi connectivity index (χ1n) is 10.3. The molecule has 0 radical (unpaired) electrons. The van der Waals surface area contributed by atoms with E-state index in [2.05, 4.69) is 57.3 Å². The van der Waals surface area contributed by atoms with Gasteiger partial charge in [-0.3, -0.25) is 4.90 Å². The van der Waals surface area contributed by atoms with Crippen molar-refractivity contribution in [3.05, 3.63) is 58.7 Å². The van der Waals surface area contributed by atoms with E-state index in [1.807, 2.05) is 11.3 Å². The molecule has 2 aromatic heterocycles. The number of halogens is 2. The normalized spacial score (nSPS) is 16.9. The van der Waals surface area contributed by atoms with Crippen molar-refractivity contribution in [1.82, 2.24) is 14.9 Å². The van der Waals surface area contributed by atoms with Gasteiger partial charge < -0.3 is 4.90 Å². The molecule has 5 rings (SSSR count). The number of hydrogen-bond acceptors (Lipinski definition) is 5. The van der Waals surface area contributed by atoms with Crippen LogP contribution in [0.5, 0.6) is 0 Å². The third-order valence-electron chi connectivity index (χ3n) is 5.88. The monoisotopic (exact) mass is 462 g/mol. The van der Waals surface area contributed by atoms with Crippen molar-refractivity contribution in [1.29, 1.82) is 0 Å². The molecule has 1 aromatic carbocycles. The van der Waals surface area contributed by atoms with E-state index < -0.39 is 0 Å². The Morgan fingerprint density at radius 1 is 0.933 bits per heavy atom. The Bertz CT molecular complexity index is 982. The predicted molar refractivity (Wildman–Crippen MR) is 133 cm³/mol. The second-order valence-corrected chi connectivity index (χ2v) is 8.77. The molecule has 1 aliphatic carbocycles. The molecule has 30 heavy (non-hydrogen) atoms. The van der Waals surface area contributed by atoms with Gasteiger partial charge in [0.1, 0.15) is 17.0 Å². The minimum Gasteiger partial charge on any atom is -0.353 e. The van der Waals surface area contributed by atoms with Crippen LogP contribution in [0.2, 0.25) is 0 Å². The molecule has 0 saturated carbocycles. The van der Waals surface area contributed by atoms with E-state index in [4.69, 9.17) is 4.98 Å². The number of thiophene rings is 1. The maximum absolute atomic E-state index is 4.73. The molecule has 3 aromatic rings. The molecular weight excluding hydrogens is 435 g/mol. The largest absolute Gasteiger partial charge is 0.353 e. The number of benzene rings is 1. The molecule has 0 N–H and O–H groups in total. The summed E-state index contributed by atoms with van der Waals surface area (Å²) in [6.45, 7) is 5.25. The molecular formula is C23H28Cl2N4S. The van der Waals surface area contributed by atoms with Crippen molar-refractivity contribution in [3.8, 4) is 0 Å². The fourth-order valence-electron chi connectivity index (χ4n) is 4.36. The predicted octanol–water partition coefficient (Wildman–Crippen LogP) is 5.25. The van der Waals surface area contributed by atoms with E-state index in [1.54, 1.807) is 11.2 Å². The summed E-state index contributed by atoms with van der Waals surface area (Å²) in [6, 6.07) is 10.5. The summed E-state index contributed by atoms with van der Waals surface area (Å²) in [4.78, 5) is 17.0. The maximum Gasteiger partial charge on any atom is 0.141 e. The van der Waals surface area contributed by atoms with Crippen LogP contribution in [0.3, 0.4) is 0 Å². The third kappa shape index (κ3) is 4.80. The summed E-state index contributed by atoms with van der Waals surface area (Å²) in [5.74, 6) is 1.17. The van der Waals surface area contributed by atoms with Gasteiger partial charge in [0.25, 0.3) is 0 Å². The van der Waals surface area contributed by atoms with E-state index in [9.17, 15) is 0 Å². The highest BCUT2D eigenvalue weighted by atomic mass is 35.5. The minimum atomic E-state index is 0. The fraction of sp³-hybridized carbons (Fsp3) is 0.391. The first kappa shape index (κ1) is 23.0. The molecule has 1 fully saturated rings. The second kappa shape index (κ2) is 10.6. The summed E-state index contributed by atoms with van der Waals surface area (Å²) < 4.78 is 0. The van der Waals surface area contributed by atoms with Gasteiger partial charge in [0.05, 0.1) is 5.39 Å². The van der Waals surface area contributed by atoms with Crippen molar-refractivity contribution in [2.75, 3.05) is 37.6 Å². The van der Waals surface area contributed by atoms with Gasteiger partial charge in [-0.2, -0.15) is 0 Å². The average molecular weight is 463 g/mol. The Kier molecular flexibility index (Phi) is 8.12. The Morgan fingerprint density at radius 2 is 1.70 bits per heavy atom. The third-order valence-corrected chi connectivity index (χ3v) is 7.08. The zero-order valence-electron chi connectivity index (χ0n) is 17.0. The Labute approximate surface area is 194 Å². The number of piperazine rings is 1. The summed E-state index contributed by atoms with van der Waals surface area (Å²) in [6.07, 6.45) is 11.3. The molecule has 1 aliphatic heterocycles.